The van der Waals surface area contributed by atoms with Gasteiger partial charge in [0.25, 0.3) is 0 Å². The Kier molecular flexibility index (Phi) is 9.05. The van der Waals surface area contributed by atoms with Crippen LogP contribution in [0.2, 0.25) is 0 Å². The number of benzene rings is 6. The Morgan fingerprint density at radius 3 is 2.24 bits per heavy atom. The Balaban J connectivity index is 0.00000413. The first-order valence-corrected chi connectivity index (χ1v) is 17.6. The molecular formula is C47H34N5OPt-3. The number of rotatable bonds is 6. The molecule has 266 valence electrons. The van der Waals surface area contributed by atoms with Gasteiger partial charge in [0.05, 0.1) is 11.6 Å². The van der Waals surface area contributed by atoms with Crippen molar-refractivity contribution in [2.45, 2.75) is 26.2 Å². The zero-order valence-electron chi connectivity index (χ0n) is 29.9. The predicted octanol–water partition coefficient (Wildman–Crippen LogP) is 11.8. The average Bonchev–Trinajstić information content (AvgIpc) is 3.74. The van der Waals surface area contributed by atoms with Gasteiger partial charge in [-0.15, -0.1) is 48.1 Å². The summed E-state index contributed by atoms with van der Waals surface area (Å²) in [7, 11) is 0. The van der Waals surface area contributed by atoms with E-state index in [1.165, 1.54) is 5.56 Å². The monoisotopic (exact) mass is 879 g/mol. The number of para-hydroxylation sites is 3. The zero-order valence-corrected chi connectivity index (χ0v) is 32.2. The van der Waals surface area contributed by atoms with Crippen molar-refractivity contribution < 1.29 is 25.8 Å². The van der Waals surface area contributed by atoms with Crippen molar-refractivity contribution in [3.8, 4) is 34.5 Å². The van der Waals surface area contributed by atoms with Crippen LogP contribution in [0.1, 0.15) is 31.9 Å². The van der Waals surface area contributed by atoms with Crippen LogP contribution in [-0.4, -0.2) is 9.55 Å². The summed E-state index contributed by atoms with van der Waals surface area (Å²) in [6.07, 6.45) is 1.88. The van der Waals surface area contributed by atoms with Gasteiger partial charge in [-0.25, -0.2) is 4.98 Å². The van der Waals surface area contributed by atoms with E-state index in [9.17, 15) is 5.26 Å². The number of aromatic nitrogens is 2. The molecule has 0 N–H and O–H groups in total. The molecule has 0 unspecified atom stereocenters. The summed E-state index contributed by atoms with van der Waals surface area (Å²) in [6.45, 7) is 8.70. The largest absolute Gasteiger partial charge is 0.509 e. The van der Waals surface area contributed by atoms with E-state index in [1.807, 2.05) is 85.1 Å². The molecule has 0 fully saturated rings. The van der Waals surface area contributed by atoms with Crippen molar-refractivity contribution in [2.75, 3.05) is 9.80 Å². The number of pyridine rings is 1. The van der Waals surface area contributed by atoms with Crippen molar-refractivity contribution in [3.63, 3.8) is 0 Å². The van der Waals surface area contributed by atoms with Crippen molar-refractivity contribution in [1.29, 1.82) is 5.26 Å². The number of nitrogens with zero attached hydrogens (tertiary/aromatic N) is 5. The third-order valence-corrected chi connectivity index (χ3v) is 9.75. The van der Waals surface area contributed by atoms with Gasteiger partial charge in [-0.1, -0.05) is 87.0 Å². The molecule has 9 rings (SSSR count). The second kappa shape index (κ2) is 14.0. The van der Waals surface area contributed by atoms with Crippen molar-refractivity contribution in [3.05, 3.63) is 176 Å². The molecule has 8 aromatic rings. The molecule has 54 heavy (non-hydrogen) atoms. The number of hydrogen-bond acceptors (Lipinski definition) is 5. The fourth-order valence-electron chi connectivity index (χ4n) is 7.08. The fraction of sp³-hybridized carbons (Fsp3) is 0.0851. The van der Waals surface area contributed by atoms with Gasteiger partial charge >= 0.3 is 0 Å². The Labute approximate surface area is 329 Å². The molecule has 0 spiro atoms. The molecule has 3 heterocycles. The third kappa shape index (κ3) is 6.21. The minimum Gasteiger partial charge on any atom is -0.509 e. The maximum atomic E-state index is 9.90. The maximum Gasteiger partial charge on any atom is 0.135 e. The minimum atomic E-state index is -0.0211. The van der Waals surface area contributed by atoms with E-state index in [0.717, 1.165) is 61.5 Å². The third-order valence-electron chi connectivity index (χ3n) is 9.75. The molecule has 0 radical (unpaired) electrons. The van der Waals surface area contributed by atoms with Gasteiger partial charge in [-0.2, -0.15) is 17.4 Å². The topological polar surface area (TPSA) is 57.3 Å². The van der Waals surface area contributed by atoms with Gasteiger partial charge in [-0.05, 0) is 70.5 Å². The Morgan fingerprint density at radius 1 is 0.704 bits per heavy atom. The van der Waals surface area contributed by atoms with E-state index in [2.05, 4.69) is 121 Å². The normalized spacial score (nSPS) is 12.4. The number of hydrogen-bond donors (Lipinski definition) is 0. The smallest absolute Gasteiger partial charge is 0.135 e. The average molecular weight is 880 g/mol. The number of fused-ring (bicyclic) bond motifs is 4. The summed E-state index contributed by atoms with van der Waals surface area (Å²) in [5.74, 6) is 2.00. The second-order valence-corrected chi connectivity index (χ2v) is 14.1. The first-order chi connectivity index (χ1) is 25.9. The second-order valence-electron chi connectivity index (χ2n) is 14.1. The van der Waals surface area contributed by atoms with Crippen LogP contribution >= 0.6 is 0 Å². The molecular weight excluding hydrogens is 846 g/mol. The summed E-state index contributed by atoms with van der Waals surface area (Å²) < 4.78 is 8.68. The van der Waals surface area contributed by atoms with Crippen LogP contribution in [0.15, 0.2) is 146 Å². The Bertz CT molecular complexity index is 2710. The van der Waals surface area contributed by atoms with Crippen LogP contribution in [0, 0.1) is 30.1 Å². The van der Waals surface area contributed by atoms with Crippen molar-refractivity contribution in [1.82, 2.24) is 9.55 Å². The maximum absolute atomic E-state index is 9.90. The zero-order chi connectivity index (χ0) is 36.1. The summed E-state index contributed by atoms with van der Waals surface area (Å²) in [5.41, 5.74) is 9.48. The van der Waals surface area contributed by atoms with Crippen LogP contribution in [0.3, 0.4) is 0 Å². The number of anilines is 4. The minimum absolute atomic E-state index is 0. The molecule has 0 atom stereocenters. The van der Waals surface area contributed by atoms with Crippen LogP contribution in [-0.2, 0) is 26.5 Å². The first kappa shape index (κ1) is 34.9. The van der Waals surface area contributed by atoms with Crippen LogP contribution in [0.5, 0.6) is 11.5 Å². The van der Waals surface area contributed by atoms with Gasteiger partial charge in [0, 0.05) is 66.9 Å². The Morgan fingerprint density at radius 2 is 1.44 bits per heavy atom. The summed E-state index contributed by atoms with van der Waals surface area (Å²) >= 11 is 0. The number of nitriles is 1. The molecule has 7 heteroatoms. The summed E-state index contributed by atoms with van der Waals surface area (Å²) in [5, 5.41) is 12.1. The molecule has 6 nitrogen and oxygen atoms in total. The van der Waals surface area contributed by atoms with Crippen LogP contribution in [0.25, 0.3) is 38.8 Å². The first-order valence-electron chi connectivity index (χ1n) is 17.6. The molecule has 6 aromatic carbocycles. The molecule has 0 bridgehead atoms. The molecule has 0 saturated carbocycles. The van der Waals surface area contributed by atoms with E-state index < -0.39 is 0 Å². The van der Waals surface area contributed by atoms with Crippen molar-refractivity contribution >= 4 is 44.6 Å². The quantitative estimate of drug-likeness (QED) is 0.156. The Hall–Kier alpha value is -6.15. The summed E-state index contributed by atoms with van der Waals surface area (Å²) in [4.78, 5) is 9.07. The van der Waals surface area contributed by atoms with Crippen molar-refractivity contribution in [2.24, 2.45) is 0 Å². The molecule has 0 amide bonds. The van der Waals surface area contributed by atoms with Crippen LogP contribution in [0.4, 0.5) is 22.7 Å². The van der Waals surface area contributed by atoms with E-state index >= 15 is 0 Å². The van der Waals surface area contributed by atoms with Gasteiger partial charge in [0.15, 0.2) is 0 Å². The predicted molar refractivity (Wildman–Crippen MR) is 213 cm³/mol. The fourth-order valence-corrected chi connectivity index (χ4v) is 7.08. The molecule has 0 aliphatic carbocycles. The molecule has 2 aromatic heterocycles. The molecule has 1 aliphatic heterocycles. The molecule has 0 saturated heterocycles. The van der Waals surface area contributed by atoms with Gasteiger partial charge in [-0.3, -0.25) is 0 Å². The van der Waals surface area contributed by atoms with E-state index in [0.29, 0.717) is 17.1 Å². The SMILES string of the molecule is CC(C)(C)c1ccnc(-n2c3[c-]c(Oc4[c-]c(N5[CH-]N(c6ccc(C#N)c(-c7ccccc7)c6)c6ccccc65)ccc4)ccc3c3ccccc32)c1.[Pt]. The summed E-state index contributed by atoms with van der Waals surface area (Å²) in [6, 6.07) is 56.3. The molecule has 1 aliphatic rings. The van der Waals surface area contributed by atoms with E-state index in [1.54, 1.807) is 0 Å². The van der Waals surface area contributed by atoms with Crippen LogP contribution < -0.4 is 14.5 Å². The van der Waals surface area contributed by atoms with Gasteiger partial charge in [0.1, 0.15) is 5.82 Å². The standard InChI is InChI=1S/C47H34N5O.Pt/c1-47(2,3)34-24-25-49-46(26-34)52-42-17-8-7-16-39(42)40-23-22-38(29-45(40)52)53-37-15-11-14-35(27-37)50-31-51(44-19-10-9-18-43(44)50)36-21-20-33(30-48)41(28-36)32-12-5-4-6-13-32;/h4-26,28,31H,1-3H3;/q-3;. The van der Waals surface area contributed by atoms with Gasteiger partial charge < -0.3 is 19.1 Å². The van der Waals surface area contributed by atoms with E-state index in [4.69, 9.17) is 9.72 Å². The van der Waals surface area contributed by atoms with Gasteiger partial charge in [0.2, 0.25) is 0 Å². The number of ether oxygens (including phenoxy) is 1. The van der Waals surface area contributed by atoms with E-state index in [-0.39, 0.29) is 26.5 Å².